The molecule has 1 aromatic carbocycles. The number of nitrogens with zero attached hydrogens (tertiary/aromatic N) is 7. The Morgan fingerprint density at radius 3 is 2.68 bits per heavy atom. The lowest BCUT2D eigenvalue weighted by Gasteiger charge is -2.23. The zero-order valence-corrected chi connectivity index (χ0v) is 14.3. The molecule has 1 aliphatic rings. The number of nitriles is 1. The summed E-state index contributed by atoms with van der Waals surface area (Å²) in [7, 11) is 3.98. The van der Waals surface area contributed by atoms with Gasteiger partial charge >= 0.3 is 0 Å². The van der Waals surface area contributed by atoms with Gasteiger partial charge in [0.2, 0.25) is 0 Å². The quantitative estimate of drug-likeness (QED) is 0.729. The van der Waals surface area contributed by atoms with Crippen LogP contribution in [0.4, 0.5) is 0 Å². The molecule has 0 atom stereocenters. The maximum Gasteiger partial charge on any atom is 0.133 e. The summed E-state index contributed by atoms with van der Waals surface area (Å²) in [5, 5.41) is 22.0. The number of aromatic nitrogens is 5. The van der Waals surface area contributed by atoms with Gasteiger partial charge < -0.3 is 4.90 Å². The van der Waals surface area contributed by atoms with Gasteiger partial charge in [-0.15, -0.1) is 5.10 Å². The Morgan fingerprint density at radius 1 is 1.20 bits per heavy atom. The van der Waals surface area contributed by atoms with E-state index in [9.17, 15) is 0 Å². The first-order chi connectivity index (χ1) is 12.2. The third-order valence-corrected chi connectivity index (χ3v) is 4.56. The Hall–Kier alpha value is -2.98. The van der Waals surface area contributed by atoms with Crippen molar-refractivity contribution in [2.45, 2.75) is 19.4 Å². The van der Waals surface area contributed by atoms with Crippen molar-refractivity contribution < 1.29 is 0 Å². The summed E-state index contributed by atoms with van der Waals surface area (Å²) in [6.07, 6.45) is 3.27. The zero-order valence-electron chi connectivity index (χ0n) is 14.3. The molecule has 0 fully saturated rings. The Kier molecular flexibility index (Phi) is 3.82. The van der Waals surface area contributed by atoms with Crippen molar-refractivity contribution in [2.24, 2.45) is 7.05 Å². The van der Waals surface area contributed by atoms with Crippen molar-refractivity contribution in [1.82, 2.24) is 29.7 Å². The second-order valence-electron chi connectivity index (χ2n) is 6.45. The number of likely N-dealkylation sites (N-methyl/N-ethyl adjacent to an activating group) is 1. The highest BCUT2D eigenvalue weighted by Crippen LogP contribution is 2.30. The smallest absolute Gasteiger partial charge is 0.133 e. The molecule has 126 valence electrons. The lowest BCUT2D eigenvalue weighted by Crippen LogP contribution is -2.27. The minimum absolute atomic E-state index is 0.424. The van der Waals surface area contributed by atoms with Crippen molar-refractivity contribution in [1.29, 1.82) is 5.26 Å². The molecule has 0 bridgehead atoms. The maximum atomic E-state index is 8.83. The molecule has 0 radical (unpaired) electrons. The minimum Gasteiger partial charge on any atom is -0.302 e. The van der Waals surface area contributed by atoms with Gasteiger partial charge in [0, 0.05) is 32.1 Å². The topological polar surface area (TPSA) is 75.6 Å². The van der Waals surface area contributed by atoms with E-state index in [-0.39, 0.29) is 0 Å². The molecule has 7 nitrogen and oxygen atoms in total. The average Bonchev–Trinajstić information content (AvgIpc) is 3.19. The molecule has 7 heteroatoms. The van der Waals surface area contributed by atoms with Gasteiger partial charge in [0.05, 0.1) is 30.1 Å². The van der Waals surface area contributed by atoms with Gasteiger partial charge in [-0.25, -0.2) is 4.68 Å². The van der Waals surface area contributed by atoms with Gasteiger partial charge in [0.15, 0.2) is 0 Å². The van der Waals surface area contributed by atoms with Gasteiger partial charge in [-0.2, -0.15) is 10.4 Å². The molecule has 0 saturated carbocycles. The predicted molar refractivity (Wildman–Crippen MR) is 92.9 cm³/mol. The average molecular weight is 333 g/mol. The highest BCUT2D eigenvalue weighted by molar-refractivity contribution is 5.61. The van der Waals surface area contributed by atoms with E-state index in [2.05, 4.69) is 28.3 Å². The molecule has 0 N–H and O–H groups in total. The van der Waals surface area contributed by atoms with Gasteiger partial charge in [-0.3, -0.25) is 4.68 Å². The normalized spacial score (nSPS) is 14.3. The Bertz CT molecular complexity index is 943. The SMILES string of the molecule is CN1CCc2c(c(-c3cn(C)nn3)nn2-c2ccc(CC#N)cc2)C1. The fourth-order valence-electron chi connectivity index (χ4n) is 3.28. The van der Waals surface area contributed by atoms with Crippen LogP contribution in [0.2, 0.25) is 0 Å². The van der Waals surface area contributed by atoms with E-state index in [4.69, 9.17) is 10.4 Å². The summed E-state index contributed by atoms with van der Waals surface area (Å²) < 4.78 is 3.71. The molecule has 25 heavy (non-hydrogen) atoms. The number of hydrogen-bond acceptors (Lipinski definition) is 5. The van der Waals surface area contributed by atoms with E-state index in [1.165, 1.54) is 11.3 Å². The highest BCUT2D eigenvalue weighted by atomic mass is 15.4. The number of rotatable bonds is 3. The molecule has 4 rings (SSSR count). The highest BCUT2D eigenvalue weighted by Gasteiger charge is 2.26. The molecule has 2 aromatic heterocycles. The van der Waals surface area contributed by atoms with Gasteiger partial charge in [-0.1, -0.05) is 17.3 Å². The third kappa shape index (κ3) is 2.81. The second kappa shape index (κ2) is 6.15. The number of fused-ring (bicyclic) bond motifs is 1. The molecular formula is C18H19N7. The standard InChI is InChI=1S/C18H19N7/c1-23-10-8-17-15(11-23)18(16-12-24(2)22-20-16)21-25(17)14-5-3-13(4-6-14)7-9-19/h3-6,12H,7-8,10-11H2,1-2H3. The summed E-state index contributed by atoms with van der Waals surface area (Å²) in [5.74, 6) is 0. The first kappa shape index (κ1) is 15.5. The van der Waals surface area contributed by atoms with E-state index >= 15 is 0 Å². The van der Waals surface area contributed by atoms with Crippen LogP contribution >= 0.6 is 0 Å². The molecular weight excluding hydrogens is 314 g/mol. The summed E-state index contributed by atoms with van der Waals surface area (Å²) in [6, 6.07) is 10.2. The van der Waals surface area contributed by atoms with Crippen LogP contribution in [0, 0.1) is 11.3 Å². The van der Waals surface area contributed by atoms with E-state index in [1.807, 2.05) is 42.2 Å². The fourth-order valence-corrected chi connectivity index (χ4v) is 3.28. The van der Waals surface area contributed by atoms with Crippen molar-refractivity contribution in [3.63, 3.8) is 0 Å². The summed E-state index contributed by atoms with van der Waals surface area (Å²) in [6.45, 7) is 1.86. The monoisotopic (exact) mass is 333 g/mol. The first-order valence-corrected chi connectivity index (χ1v) is 8.28. The molecule has 0 amide bonds. The van der Waals surface area contributed by atoms with Gasteiger partial charge in [0.1, 0.15) is 11.4 Å². The van der Waals surface area contributed by atoms with Gasteiger partial charge in [-0.05, 0) is 24.7 Å². The largest absolute Gasteiger partial charge is 0.302 e. The summed E-state index contributed by atoms with van der Waals surface area (Å²) in [5.41, 5.74) is 6.17. The Labute approximate surface area is 146 Å². The van der Waals surface area contributed by atoms with Crippen molar-refractivity contribution in [3.8, 4) is 23.1 Å². The molecule has 1 aliphatic heterocycles. The lowest BCUT2D eigenvalue weighted by atomic mass is 10.0. The molecule has 3 aromatic rings. The van der Waals surface area contributed by atoms with Crippen LogP contribution < -0.4 is 0 Å². The van der Waals surface area contributed by atoms with E-state index in [1.54, 1.807) is 4.68 Å². The molecule has 0 spiro atoms. The predicted octanol–water partition coefficient (Wildman–Crippen LogP) is 1.72. The second-order valence-corrected chi connectivity index (χ2v) is 6.45. The van der Waals surface area contributed by atoms with E-state index in [0.717, 1.165) is 42.1 Å². The van der Waals surface area contributed by atoms with E-state index < -0.39 is 0 Å². The summed E-state index contributed by atoms with van der Waals surface area (Å²) in [4.78, 5) is 2.30. The number of aryl methyl sites for hydroxylation is 1. The third-order valence-electron chi connectivity index (χ3n) is 4.56. The van der Waals surface area contributed by atoms with Crippen molar-refractivity contribution >= 4 is 0 Å². The van der Waals surface area contributed by atoms with Crippen molar-refractivity contribution in [2.75, 3.05) is 13.6 Å². The van der Waals surface area contributed by atoms with Crippen LogP contribution in [-0.2, 0) is 26.4 Å². The maximum absolute atomic E-state index is 8.83. The Morgan fingerprint density at radius 2 is 2.00 bits per heavy atom. The Balaban J connectivity index is 1.82. The van der Waals surface area contributed by atoms with Crippen LogP contribution in [0.3, 0.4) is 0 Å². The van der Waals surface area contributed by atoms with Crippen LogP contribution in [0.15, 0.2) is 30.5 Å². The molecule has 3 heterocycles. The van der Waals surface area contributed by atoms with Crippen LogP contribution in [0.1, 0.15) is 16.8 Å². The minimum atomic E-state index is 0.424. The first-order valence-electron chi connectivity index (χ1n) is 8.28. The number of benzene rings is 1. The summed E-state index contributed by atoms with van der Waals surface area (Å²) >= 11 is 0. The van der Waals surface area contributed by atoms with Crippen LogP contribution in [0.5, 0.6) is 0 Å². The van der Waals surface area contributed by atoms with Crippen LogP contribution in [0.25, 0.3) is 17.1 Å². The molecule has 0 unspecified atom stereocenters. The van der Waals surface area contributed by atoms with Gasteiger partial charge in [0.25, 0.3) is 0 Å². The fraction of sp³-hybridized carbons (Fsp3) is 0.333. The van der Waals surface area contributed by atoms with Crippen LogP contribution in [-0.4, -0.2) is 43.3 Å². The molecule has 0 aliphatic carbocycles. The number of hydrogen-bond donors (Lipinski definition) is 0. The zero-order chi connectivity index (χ0) is 17.4. The lowest BCUT2D eigenvalue weighted by molar-refractivity contribution is 0.310. The van der Waals surface area contributed by atoms with E-state index in [0.29, 0.717) is 6.42 Å². The van der Waals surface area contributed by atoms with Crippen molar-refractivity contribution in [3.05, 3.63) is 47.3 Å². The molecule has 0 saturated heterocycles.